The van der Waals surface area contributed by atoms with Crippen LogP contribution in [0.1, 0.15) is 24.3 Å². The van der Waals surface area contributed by atoms with Crippen LogP contribution >= 0.6 is 0 Å². The van der Waals surface area contributed by atoms with Crippen molar-refractivity contribution in [3.63, 3.8) is 0 Å². The Bertz CT molecular complexity index is 487. The summed E-state index contributed by atoms with van der Waals surface area (Å²) in [5.74, 6) is -0.0522. The molecule has 0 fully saturated rings. The van der Waals surface area contributed by atoms with Gasteiger partial charge in [0, 0.05) is 25.1 Å². The van der Waals surface area contributed by atoms with Crippen LogP contribution in [0.15, 0.2) is 18.3 Å². The molecule has 2 rings (SSSR count). The molecule has 0 aliphatic heterocycles. The van der Waals surface area contributed by atoms with Crippen LogP contribution in [-0.2, 0) is 6.54 Å². The van der Waals surface area contributed by atoms with E-state index >= 15 is 0 Å². The molecule has 2 aromatic rings. The maximum atomic E-state index is 11.1. The van der Waals surface area contributed by atoms with Crippen molar-refractivity contribution in [1.29, 1.82) is 0 Å². The highest BCUT2D eigenvalue weighted by atomic mass is 16.1. The third-order valence-electron chi connectivity index (χ3n) is 2.21. The van der Waals surface area contributed by atoms with Crippen molar-refractivity contribution < 1.29 is 4.79 Å². The number of carbonyl (C=O) groups is 1. The van der Waals surface area contributed by atoms with E-state index in [1.807, 2.05) is 23.8 Å². The maximum absolute atomic E-state index is 11.1. The fraction of sp³-hybridized carbons (Fsp3) is 0.300. The molecule has 2 heterocycles. The molecule has 0 aliphatic carbocycles. The molecule has 4 heteroatoms. The Morgan fingerprint density at radius 2 is 2.29 bits per heavy atom. The van der Waals surface area contributed by atoms with Crippen LogP contribution in [0.4, 0.5) is 0 Å². The summed E-state index contributed by atoms with van der Waals surface area (Å²) in [6.45, 7) is 4.39. The van der Waals surface area contributed by atoms with Crippen LogP contribution in [0.2, 0.25) is 0 Å². The first-order valence-corrected chi connectivity index (χ1v) is 4.56. The van der Waals surface area contributed by atoms with E-state index in [9.17, 15) is 4.79 Å². The normalized spacial score (nSPS) is 10.7. The number of hydrogen-bond acceptors (Lipinski definition) is 3. The van der Waals surface area contributed by atoms with Gasteiger partial charge in [0.05, 0.1) is 0 Å². The first-order chi connectivity index (χ1) is 6.72. The smallest absolute Gasteiger partial charge is 0.180 e. The molecule has 0 bridgehead atoms. The Morgan fingerprint density at radius 3 is 2.93 bits per heavy atom. The number of Topliss-reactive ketones (excluding diaryl/α,β-unsaturated/α-hetero) is 1. The highest BCUT2D eigenvalue weighted by Gasteiger charge is 2.06. The minimum absolute atomic E-state index is 0.0522. The van der Waals surface area contributed by atoms with Gasteiger partial charge in [-0.1, -0.05) is 0 Å². The van der Waals surface area contributed by atoms with Gasteiger partial charge < -0.3 is 4.57 Å². The molecule has 0 unspecified atom stereocenters. The van der Waals surface area contributed by atoms with Gasteiger partial charge in [-0.2, -0.15) is 0 Å². The number of hydrogen-bond donors (Lipinski definition) is 0. The average molecular weight is 189 g/mol. The van der Waals surface area contributed by atoms with Gasteiger partial charge in [-0.05, 0) is 19.1 Å². The summed E-state index contributed by atoms with van der Waals surface area (Å²) in [5.41, 5.74) is 1.25. The number of ketones is 1. The number of nitrogens with zero attached hydrogens (tertiary/aromatic N) is 3. The van der Waals surface area contributed by atoms with Crippen molar-refractivity contribution in [1.82, 2.24) is 14.8 Å². The van der Waals surface area contributed by atoms with Crippen LogP contribution in [0.3, 0.4) is 0 Å². The molecule has 0 spiro atoms. The molecule has 72 valence electrons. The Kier molecular flexibility index (Phi) is 2.04. The molecule has 0 radical (unpaired) electrons. The molecule has 0 N–H and O–H groups in total. The van der Waals surface area contributed by atoms with Gasteiger partial charge in [0.15, 0.2) is 11.4 Å². The van der Waals surface area contributed by atoms with E-state index in [2.05, 4.69) is 10.2 Å². The molecular formula is C10H11N3O. The largest absolute Gasteiger partial charge is 0.331 e. The maximum Gasteiger partial charge on any atom is 0.180 e. The summed E-state index contributed by atoms with van der Waals surface area (Å²) in [6, 6.07) is 3.72. The number of carbonyl (C=O) groups excluding carboxylic acids is 1. The molecule has 4 nitrogen and oxygen atoms in total. The molecule has 0 atom stereocenters. The molecule has 0 aliphatic rings. The molecule has 2 aromatic heterocycles. The zero-order chi connectivity index (χ0) is 10.1. The minimum atomic E-state index is -0.0522. The zero-order valence-corrected chi connectivity index (χ0v) is 8.19. The SMILES string of the molecule is CCn1ccc2cc(C(C)=O)nnc21. The van der Waals surface area contributed by atoms with Gasteiger partial charge in [0.2, 0.25) is 0 Å². The first kappa shape index (κ1) is 8.87. The molecule has 0 saturated carbocycles. The number of aromatic nitrogens is 3. The fourth-order valence-electron chi connectivity index (χ4n) is 1.41. The van der Waals surface area contributed by atoms with E-state index in [0.717, 1.165) is 17.6 Å². The highest BCUT2D eigenvalue weighted by Crippen LogP contribution is 2.13. The van der Waals surface area contributed by atoms with E-state index in [-0.39, 0.29) is 5.78 Å². The van der Waals surface area contributed by atoms with Crippen LogP contribution in [-0.4, -0.2) is 20.5 Å². The van der Waals surface area contributed by atoms with E-state index in [0.29, 0.717) is 5.69 Å². The summed E-state index contributed by atoms with van der Waals surface area (Å²) in [6.07, 6.45) is 1.95. The van der Waals surface area contributed by atoms with Gasteiger partial charge in [-0.25, -0.2) is 0 Å². The fourth-order valence-corrected chi connectivity index (χ4v) is 1.41. The second kappa shape index (κ2) is 3.21. The summed E-state index contributed by atoms with van der Waals surface area (Å²) in [4.78, 5) is 11.1. The predicted molar refractivity (Wildman–Crippen MR) is 53.2 cm³/mol. The average Bonchev–Trinajstić information content (AvgIpc) is 2.59. The Morgan fingerprint density at radius 1 is 1.50 bits per heavy atom. The quantitative estimate of drug-likeness (QED) is 0.675. The molecule has 14 heavy (non-hydrogen) atoms. The minimum Gasteiger partial charge on any atom is -0.331 e. The number of aryl methyl sites for hydroxylation is 1. The van der Waals surface area contributed by atoms with E-state index in [1.54, 1.807) is 6.07 Å². The predicted octanol–water partition coefficient (Wildman–Crippen LogP) is 1.65. The van der Waals surface area contributed by atoms with Crippen molar-refractivity contribution in [2.45, 2.75) is 20.4 Å². The van der Waals surface area contributed by atoms with Gasteiger partial charge in [0.25, 0.3) is 0 Å². The van der Waals surface area contributed by atoms with Crippen molar-refractivity contribution in [2.75, 3.05) is 0 Å². The molecule has 0 amide bonds. The van der Waals surface area contributed by atoms with Gasteiger partial charge >= 0.3 is 0 Å². The van der Waals surface area contributed by atoms with E-state index < -0.39 is 0 Å². The summed E-state index contributed by atoms with van der Waals surface area (Å²) in [7, 11) is 0. The van der Waals surface area contributed by atoms with E-state index in [4.69, 9.17) is 0 Å². The number of fused-ring (bicyclic) bond motifs is 1. The van der Waals surface area contributed by atoms with Crippen molar-refractivity contribution in [2.24, 2.45) is 0 Å². The van der Waals surface area contributed by atoms with E-state index in [1.165, 1.54) is 6.92 Å². The van der Waals surface area contributed by atoms with Gasteiger partial charge in [-0.15, -0.1) is 10.2 Å². The lowest BCUT2D eigenvalue weighted by molar-refractivity contribution is 0.101. The zero-order valence-electron chi connectivity index (χ0n) is 8.19. The Balaban J connectivity index is 2.63. The third-order valence-corrected chi connectivity index (χ3v) is 2.21. The standard InChI is InChI=1S/C10H11N3O/c1-3-13-5-4-8-6-9(7(2)14)11-12-10(8)13/h4-6H,3H2,1-2H3. The molecule has 0 saturated heterocycles. The summed E-state index contributed by atoms with van der Waals surface area (Å²) < 4.78 is 1.99. The lowest BCUT2D eigenvalue weighted by Crippen LogP contribution is -2.00. The van der Waals surface area contributed by atoms with Crippen LogP contribution in [0.25, 0.3) is 11.0 Å². The number of rotatable bonds is 2. The highest BCUT2D eigenvalue weighted by molar-refractivity contribution is 5.94. The lowest BCUT2D eigenvalue weighted by Gasteiger charge is -1.98. The second-order valence-electron chi connectivity index (χ2n) is 3.17. The first-order valence-electron chi connectivity index (χ1n) is 4.56. The second-order valence-corrected chi connectivity index (χ2v) is 3.17. The van der Waals surface area contributed by atoms with Crippen LogP contribution in [0, 0.1) is 0 Å². The van der Waals surface area contributed by atoms with Gasteiger partial charge in [0.1, 0.15) is 5.69 Å². The molecule has 0 aromatic carbocycles. The summed E-state index contributed by atoms with van der Waals surface area (Å²) >= 11 is 0. The monoisotopic (exact) mass is 189 g/mol. The van der Waals surface area contributed by atoms with Crippen molar-refractivity contribution in [3.8, 4) is 0 Å². The lowest BCUT2D eigenvalue weighted by atomic mass is 10.2. The van der Waals surface area contributed by atoms with Gasteiger partial charge in [-0.3, -0.25) is 4.79 Å². The van der Waals surface area contributed by atoms with Crippen LogP contribution < -0.4 is 0 Å². The topological polar surface area (TPSA) is 47.8 Å². The van der Waals surface area contributed by atoms with Crippen molar-refractivity contribution in [3.05, 3.63) is 24.0 Å². The third kappa shape index (κ3) is 1.28. The van der Waals surface area contributed by atoms with Crippen molar-refractivity contribution >= 4 is 16.8 Å². The Labute approximate surface area is 81.6 Å². The van der Waals surface area contributed by atoms with Crippen LogP contribution in [0.5, 0.6) is 0 Å². The molecular weight excluding hydrogens is 178 g/mol. The summed E-state index contributed by atoms with van der Waals surface area (Å²) in [5, 5.41) is 8.86. The Hall–Kier alpha value is -1.71.